The van der Waals surface area contributed by atoms with Crippen molar-refractivity contribution in [3.8, 4) is 0 Å². The second kappa shape index (κ2) is 12.7. The molecule has 0 aromatic carbocycles. The number of carbonyl (C=O) groups excluding carboxylic acids is 5. The molecular formula is C21H36ClN5O5. The Morgan fingerprint density at radius 1 is 0.969 bits per heavy atom. The summed E-state index contributed by atoms with van der Waals surface area (Å²) in [7, 11) is 0. The fourth-order valence-electron chi connectivity index (χ4n) is 3.47. The smallest absolute Gasteiger partial charge is 0.245 e. The van der Waals surface area contributed by atoms with E-state index in [-0.39, 0.29) is 17.6 Å². The van der Waals surface area contributed by atoms with Crippen molar-refractivity contribution in [3.63, 3.8) is 0 Å². The minimum absolute atomic E-state index is 0.175. The van der Waals surface area contributed by atoms with Gasteiger partial charge in [0.15, 0.2) is 5.78 Å². The van der Waals surface area contributed by atoms with Crippen LogP contribution in [0.15, 0.2) is 0 Å². The summed E-state index contributed by atoms with van der Waals surface area (Å²) in [5, 5.41) is 7.77. The van der Waals surface area contributed by atoms with E-state index in [0.717, 1.165) is 0 Å². The maximum atomic E-state index is 12.9. The van der Waals surface area contributed by atoms with Gasteiger partial charge < -0.3 is 26.6 Å². The molecule has 5 atom stereocenters. The van der Waals surface area contributed by atoms with Crippen LogP contribution in [0.5, 0.6) is 0 Å². The average Bonchev–Trinajstić information content (AvgIpc) is 3.21. The number of alkyl halides is 1. The quantitative estimate of drug-likeness (QED) is 0.302. The molecule has 1 aliphatic rings. The molecule has 1 aliphatic heterocycles. The van der Waals surface area contributed by atoms with E-state index in [2.05, 4.69) is 16.0 Å². The van der Waals surface area contributed by atoms with Crippen LogP contribution in [-0.2, 0) is 24.0 Å². The third-order valence-corrected chi connectivity index (χ3v) is 5.54. The van der Waals surface area contributed by atoms with E-state index in [4.69, 9.17) is 17.3 Å². The van der Waals surface area contributed by atoms with E-state index in [9.17, 15) is 24.0 Å². The number of amides is 4. The first kappa shape index (κ1) is 27.8. The average molecular weight is 474 g/mol. The van der Waals surface area contributed by atoms with Crippen LogP contribution in [0.3, 0.4) is 0 Å². The summed E-state index contributed by atoms with van der Waals surface area (Å²) in [5.74, 6) is -2.13. The molecule has 4 amide bonds. The van der Waals surface area contributed by atoms with Crippen molar-refractivity contribution in [1.82, 2.24) is 20.9 Å². The number of hydrogen-bond donors (Lipinski definition) is 4. The maximum Gasteiger partial charge on any atom is 0.245 e. The van der Waals surface area contributed by atoms with Crippen molar-refractivity contribution >= 4 is 41.0 Å². The molecule has 1 rings (SSSR count). The molecule has 1 heterocycles. The van der Waals surface area contributed by atoms with Crippen molar-refractivity contribution in [3.05, 3.63) is 0 Å². The summed E-state index contributed by atoms with van der Waals surface area (Å²) in [4.78, 5) is 63.3. The summed E-state index contributed by atoms with van der Waals surface area (Å²) >= 11 is 5.68. The van der Waals surface area contributed by atoms with Crippen LogP contribution in [0.25, 0.3) is 0 Å². The first-order valence-electron chi connectivity index (χ1n) is 10.9. The predicted octanol–water partition coefficient (Wildman–Crippen LogP) is -0.327. The standard InChI is InChI=1S/C21H36ClN5O5/c1-11(2)9-15(17(28)10-22)26-20(31)16-7-6-8-27(16)21(32)14(5)25-19(30)13(4)24-18(29)12(3)23/h11-16H,6-10,23H2,1-5H3,(H,24,29)(H,25,30)(H,26,31)/t12-,13+,14-,15?,16-/m0/s1. The molecule has 0 bridgehead atoms. The van der Waals surface area contributed by atoms with Crippen molar-refractivity contribution in [2.75, 3.05) is 12.4 Å². The molecule has 1 fully saturated rings. The van der Waals surface area contributed by atoms with Crippen LogP contribution >= 0.6 is 11.6 Å². The maximum absolute atomic E-state index is 12.9. The molecule has 182 valence electrons. The molecule has 1 saturated heterocycles. The van der Waals surface area contributed by atoms with Gasteiger partial charge in [0.1, 0.15) is 18.1 Å². The molecule has 0 spiro atoms. The predicted molar refractivity (Wildman–Crippen MR) is 121 cm³/mol. The number of nitrogens with two attached hydrogens (primary N) is 1. The van der Waals surface area contributed by atoms with Gasteiger partial charge in [-0.1, -0.05) is 13.8 Å². The molecule has 32 heavy (non-hydrogen) atoms. The second-order valence-corrected chi connectivity index (χ2v) is 9.00. The topological polar surface area (TPSA) is 151 Å². The minimum atomic E-state index is -0.901. The minimum Gasteiger partial charge on any atom is -0.344 e. The van der Waals surface area contributed by atoms with Crippen molar-refractivity contribution in [1.29, 1.82) is 0 Å². The van der Waals surface area contributed by atoms with Crippen LogP contribution in [0.4, 0.5) is 0 Å². The van der Waals surface area contributed by atoms with Gasteiger partial charge >= 0.3 is 0 Å². The monoisotopic (exact) mass is 473 g/mol. The molecule has 0 saturated carbocycles. The number of nitrogens with zero attached hydrogens (tertiary/aromatic N) is 1. The molecule has 10 nitrogen and oxygen atoms in total. The van der Waals surface area contributed by atoms with E-state index < -0.39 is 53.8 Å². The summed E-state index contributed by atoms with van der Waals surface area (Å²) in [6.07, 6.45) is 1.54. The zero-order chi connectivity index (χ0) is 24.6. The van der Waals surface area contributed by atoms with Gasteiger partial charge in [-0.25, -0.2) is 0 Å². The Labute approximate surface area is 194 Å². The number of hydrogen-bond acceptors (Lipinski definition) is 6. The number of likely N-dealkylation sites (tertiary alicyclic amines) is 1. The zero-order valence-corrected chi connectivity index (χ0v) is 20.2. The summed E-state index contributed by atoms with van der Waals surface area (Å²) in [5.41, 5.74) is 5.48. The highest BCUT2D eigenvalue weighted by molar-refractivity contribution is 6.28. The fraction of sp³-hybridized carbons (Fsp3) is 0.762. The number of rotatable bonds is 11. The lowest BCUT2D eigenvalue weighted by Crippen LogP contribution is -2.57. The lowest BCUT2D eigenvalue weighted by Gasteiger charge is -2.29. The highest BCUT2D eigenvalue weighted by atomic mass is 35.5. The normalized spacial score (nSPS) is 19.6. The Bertz CT molecular complexity index is 715. The molecule has 0 aromatic rings. The second-order valence-electron chi connectivity index (χ2n) is 8.73. The van der Waals surface area contributed by atoms with E-state index in [1.165, 1.54) is 25.7 Å². The zero-order valence-electron chi connectivity index (χ0n) is 19.4. The Balaban J connectivity index is 2.77. The van der Waals surface area contributed by atoms with Crippen molar-refractivity contribution in [2.24, 2.45) is 11.7 Å². The van der Waals surface area contributed by atoms with E-state index in [1.807, 2.05) is 13.8 Å². The number of nitrogens with one attached hydrogen (secondary N) is 3. The van der Waals surface area contributed by atoms with Gasteiger partial charge in [-0.05, 0) is 46.0 Å². The van der Waals surface area contributed by atoms with Crippen LogP contribution in [0.1, 0.15) is 53.9 Å². The van der Waals surface area contributed by atoms with E-state index in [0.29, 0.717) is 25.8 Å². The first-order chi connectivity index (χ1) is 14.9. The third kappa shape index (κ3) is 8.05. The van der Waals surface area contributed by atoms with Gasteiger partial charge in [-0.2, -0.15) is 0 Å². The third-order valence-electron chi connectivity index (χ3n) is 5.28. The summed E-state index contributed by atoms with van der Waals surface area (Å²) in [6, 6.07) is -3.97. The fourth-order valence-corrected chi connectivity index (χ4v) is 3.65. The molecular weight excluding hydrogens is 438 g/mol. The Morgan fingerprint density at radius 3 is 2.09 bits per heavy atom. The first-order valence-corrected chi connectivity index (χ1v) is 11.5. The molecule has 5 N–H and O–H groups in total. The summed E-state index contributed by atoms with van der Waals surface area (Å²) < 4.78 is 0. The highest BCUT2D eigenvalue weighted by Crippen LogP contribution is 2.19. The van der Waals surface area contributed by atoms with Crippen LogP contribution < -0.4 is 21.7 Å². The Hall–Kier alpha value is -2.20. The number of halogens is 1. The largest absolute Gasteiger partial charge is 0.344 e. The number of carbonyl (C=O) groups is 5. The van der Waals surface area contributed by atoms with Gasteiger partial charge in [0.2, 0.25) is 23.6 Å². The molecule has 0 aliphatic carbocycles. The lowest BCUT2D eigenvalue weighted by molar-refractivity contribution is -0.142. The highest BCUT2D eigenvalue weighted by Gasteiger charge is 2.38. The molecule has 0 aromatic heterocycles. The molecule has 0 radical (unpaired) electrons. The SMILES string of the molecule is CC(C)CC(NC(=O)[C@@H]1CCCN1C(=O)[C@H](C)NC(=O)[C@@H](C)NC(=O)[C@H](C)N)C(=O)CCl. The lowest BCUT2D eigenvalue weighted by atomic mass is 10.0. The number of ketones is 1. The van der Waals surface area contributed by atoms with Crippen LogP contribution in [0, 0.1) is 5.92 Å². The molecule has 1 unspecified atom stereocenters. The van der Waals surface area contributed by atoms with Gasteiger partial charge in [0.05, 0.1) is 18.0 Å². The Morgan fingerprint density at radius 2 is 1.56 bits per heavy atom. The Kier molecular flexibility index (Phi) is 11.1. The number of Topliss-reactive ketones (excluding diaryl/α,β-unsaturated/α-hetero) is 1. The van der Waals surface area contributed by atoms with Gasteiger partial charge in [-0.3, -0.25) is 24.0 Å². The van der Waals surface area contributed by atoms with Crippen molar-refractivity contribution < 1.29 is 24.0 Å². The van der Waals surface area contributed by atoms with E-state index >= 15 is 0 Å². The van der Waals surface area contributed by atoms with Gasteiger partial charge in [0, 0.05) is 6.54 Å². The summed E-state index contributed by atoms with van der Waals surface area (Å²) in [6.45, 7) is 8.75. The van der Waals surface area contributed by atoms with Crippen LogP contribution in [0.2, 0.25) is 0 Å². The van der Waals surface area contributed by atoms with E-state index in [1.54, 1.807) is 0 Å². The van der Waals surface area contributed by atoms with Gasteiger partial charge in [0.25, 0.3) is 0 Å². The van der Waals surface area contributed by atoms with Gasteiger partial charge in [-0.15, -0.1) is 11.6 Å². The van der Waals surface area contributed by atoms with Crippen LogP contribution in [-0.4, -0.2) is 76.9 Å². The van der Waals surface area contributed by atoms with Crippen molar-refractivity contribution in [2.45, 2.75) is 84.1 Å². The molecule has 11 heteroatoms.